The van der Waals surface area contributed by atoms with Crippen molar-refractivity contribution < 1.29 is 9.47 Å². The van der Waals surface area contributed by atoms with Crippen molar-refractivity contribution in [1.82, 2.24) is 9.97 Å². The van der Waals surface area contributed by atoms with E-state index in [0.29, 0.717) is 33.1 Å². The van der Waals surface area contributed by atoms with Crippen LogP contribution in [0.1, 0.15) is 38.5 Å². The molecule has 1 fully saturated rings. The number of anilines is 1. The molecule has 1 aliphatic carbocycles. The Labute approximate surface area is 198 Å². The third kappa shape index (κ3) is 4.72. The summed E-state index contributed by atoms with van der Waals surface area (Å²) in [6.45, 7) is 0. The molecule has 2 aromatic carbocycles. The van der Waals surface area contributed by atoms with Crippen LogP contribution >= 0.6 is 23.2 Å². The first-order valence-electron chi connectivity index (χ1n) is 10.9. The molecule has 0 bridgehead atoms. The molecular weight excluding hydrogens is 447 g/mol. The molecule has 1 aromatic heterocycles. The molecule has 1 aliphatic rings. The second kappa shape index (κ2) is 10.1. The van der Waals surface area contributed by atoms with Crippen molar-refractivity contribution in [3.8, 4) is 22.6 Å². The Morgan fingerprint density at radius 2 is 1.66 bits per heavy atom. The van der Waals surface area contributed by atoms with Gasteiger partial charge >= 0.3 is 0 Å². The number of hydrogen-bond acceptors (Lipinski definition) is 6. The lowest BCUT2D eigenvalue weighted by Crippen LogP contribution is -2.41. The average Bonchev–Trinajstić information content (AvgIpc) is 2.79. The first kappa shape index (κ1) is 22.9. The van der Waals surface area contributed by atoms with Crippen LogP contribution in [0.25, 0.3) is 22.0 Å². The van der Waals surface area contributed by atoms with Gasteiger partial charge in [-0.3, -0.25) is 0 Å². The first-order chi connectivity index (χ1) is 15.5. The number of nitrogens with zero attached hydrogens (tertiary/aromatic N) is 2. The molecule has 0 saturated heterocycles. The number of halogens is 2. The Hall–Kier alpha value is -2.28. The standard InChI is InChI=1S/C24H28Cl2N4O2/c1-31-19-12-20(32-2)23(26)21(22(19)25)14-9-10-17-15(11-14)13-28-24(29-17)30-18-8-6-4-3-5-7-16(18)27/h9-13,16,18H,3-8,27H2,1-2H3,(H,28,29,30). The third-order valence-electron chi connectivity index (χ3n) is 6.08. The van der Waals surface area contributed by atoms with Crippen molar-refractivity contribution in [3.05, 3.63) is 40.5 Å². The number of benzene rings is 2. The van der Waals surface area contributed by atoms with E-state index in [1.807, 2.05) is 24.4 Å². The summed E-state index contributed by atoms with van der Waals surface area (Å²) in [5, 5.41) is 5.19. The van der Waals surface area contributed by atoms with Gasteiger partial charge < -0.3 is 20.5 Å². The maximum Gasteiger partial charge on any atom is 0.223 e. The van der Waals surface area contributed by atoms with E-state index in [1.54, 1.807) is 20.3 Å². The fraction of sp³-hybridized carbons (Fsp3) is 0.417. The van der Waals surface area contributed by atoms with Gasteiger partial charge in [0.25, 0.3) is 0 Å². The summed E-state index contributed by atoms with van der Waals surface area (Å²) >= 11 is 13.2. The Balaban J connectivity index is 1.65. The summed E-state index contributed by atoms with van der Waals surface area (Å²) in [6, 6.07) is 7.82. The van der Waals surface area contributed by atoms with Gasteiger partial charge in [0, 0.05) is 35.3 Å². The second-order valence-electron chi connectivity index (χ2n) is 8.16. The topological polar surface area (TPSA) is 82.3 Å². The minimum Gasteiger partial charge on any atom is -0.495 e. The van der Waals surface area contributed by atoms with Gasteiger partial charge in [-0.2, -0.15) is 0 Å². The Morgan fingerprint density at radius 1 is 0.969 bits per heavy atom. The highest BCUT2D eigenvalue weighted by atomic mass is 35.5. The normalized spacial score (nSPS) is 19.3. The van der Waals surface area contributed by atoms with Crippen LogP contribution in [-0.2, 0) is 0 Å². The Bertz CT molecular complexity index is 1080. The quantitative estimate of drug-likeness (QED) is 0.465. The molecule has 2 unspecified atom stereocenters. The molecule has 3 N–H and O–H groups in total. The molecule has 32 heavy (non-hydrogen) atoms. The summed E-state index contributed by atoms with van der Waals surface area (Å²) in [5.74, 6) is 1.59. The van der Waals surface area contributed by atoms with Crippen LogP contribution in [0.5, 0.6) is 11.5 Å². The number of fused-ring (bicyclic) bond motifs is 1. The van der Waals surface area contributed by atoms with Crippen LogP contribution < -0.4 is 20.5 Å². The highest BCUT2D eigenvalue weighted by Crippen LogP contribution is 2.46. The summed E-state index contributed by atoms with van der Waals surface area (Å²) in [7, 11) is 3.12. The zero-order valence-electron chi connectivity index (χ0n) is 18.3. The first-order valence-corrected chi connectivity index (χ1v) is 11.7. The molecule has 1 saturated carbocycles. The minimum absolute atomic E-state index is 0.115. The Morgan fingerprint density at radius 3 is 2.34 bits per heavy atom. The highest BCUT2D eigenvalue weighted by Gasteiger charge is 2.21. The van der Waals surface area contributed by atoms with Crippen LogP contribution in [0.4, 0.5) is 5.95 Å². The van der Waals surface area contributed by atoms with Crippen molar-refractivity contribution >= 4 is 40.1 Å². The summed E-state index contributed by atoms with van der Waals surface area (Å²) in [4.78, 5) is 9.26. The van der Waals surface area contributed by atoms with E-state index in [2.05, 4.69) is 10.3 Å². The summed E-state index contributed by atoms with van der Waals surface area (Å²) in [5.41, 5.74) is 8.71. The lowest BCUT2D eigenvalue weighted by Gasteiger charge is -2.27. The number of aromatic nitrogens is 2. The molecular formula is C24H28Cl2N4O2. The molecule has 8 heteroatoms. The molecule has 6 nitrogen and oxygen atoms in total. The van der Waals surface area contributed by atoms with Crippen molar-refractivity contribution in [2.75, 3.05) is 19.5 Å². The number of nitrogens with one attached hydrogen (secondary N) is 1. The van der Waals surface area contributed by atoms with Gasteiger partial charge in [-0.1, -0.05) is 55.0 Å². The van der Waals surface area contributed by atoms with E-state index >= 15 is 0 Å². The number of ether oxygens (including phenoxy) is 2. The van der Waals surface area contributed by atoms with E-state index in [9.17, 15) is 0 Å². The van der Waals surface area contributed by atoms with Crippen molar-refractivity contribution in [3.63, 3.8) is 0 Å². The van der Waals surface area contributed by atoms with Crippen LogP contribution in [0.15, 0.2) is 30.5 Å². The molecule has 1 heterocycles. The van der Waals surface area contributed by atoms with Gasteiger partial charge in [-0.15, -0.1) is 0 Å². The molecule has 3 aromatic rings. The number of nitrogens with two attached hydrogens (primary N) is 1. The second-order valence-corrected chi connectivity index (χ2v) is 8.91. The van der Waals surface area contributed by atoms with E-state index in [4.69, 9.17) is 43.4 Å². The SMILES string of the molecule is COc1cc(OC)c(Cl)c(-c2ccc3nc(NC4CCCCCCC4N)ncc3c2)c1Cl. The zero-order chi connectivity index (χ0) is 22.7. The monoisotopic (exact) mass is 474 g/mol. The maximum absolute atomic E-state index is 6.58. The molecule has 2 atom stereocenters. The van der Waals surface area contributed by atoms with E-state index in [0.717, 1.165) is 29.3 Å². The predicted octanol–water partition coefficient (Wildman–Crippen LogP) is 6.08. The van der Waals surface area contributed by atoms with Crippen LogP contribution in [-0.4, -0.2) is 36.3 Å². The van der Waals surface area contributed by atoms with Gasteiger partial charge in [0.15, 0.2) is 0 Å². The van der Waals surface area contributed by atoms with Crippen molar-refractivity contribution in [1.29, 1.82) is 0 Å². The molecule has 0 spiro atoms. The predicted molar refractivity (Wildman–Crippen MR) is 131 cm³/mol. The van der Waals surface area contributed by atoms with Gasteiger partial charge in [-0.25, -0.2) is 9.97 Å². The van der Waals surface area contributed by atoms with Crippen LogP contribution in [0, 0.1) is 0 Å². The van der Waals surface area contributed by atoms with E-state index in [-0.39, 0.29) is 12.1 Å². The third-order valence-corrected chi connectivity index (χ3v) is 6.83. The van der Waals surface area contributed by atoms with Gasteiger partial charge in [0.1, 0.15) is 11.5 Å². The summed E-state index contributed by atoms with van der Waals surface area (Å²) < 4.78 is 10.8. The zero-order valence-corrected chi connectivity index (χ0v) is 19.8. The van der Waals surface area contributed by atoms with Crippen molar-refractivity contribution in [2.24, 2.45) is 5.73 Å². The smallest absolute Gasteiger partial charge is 0.223 e. The highest BCUT2D eigenvalue weighted by molar-refractivity contribution is 6.41. The molecule has 0 amide bonds. The molecule has 0 aliphatic heterocycles. The fourth-order valence-electron chi connectivity index (χ4n) is 4.26. The van der Waals surface area contributed by atoms with E-state index < -0.39 is 0 Å². The van der Waals surface area contributed by atoms with Crippen molar-refractivity contribution in [2.45, 2.75) is 50.6 Å². The number of rotatable bonds is 5. The number of hydrogen-bond donors (Lipinski definition) is 2. The van der Waals surface area contributed by atoms with Crippen LogP contribution in [0.2, 0.25) is 10.0 Å². The maximum atomic E-state index is 6.58. The molecule has 170 valence electrons. The minimum atomic E-state index is 0.115. The van der Waals surface area contributed by atoms with Gasteiger partial charge in [-0.05, 0) is 30.5 Å². The summed E-state index contributed by atoms with van der Waals surface area (Å²) in [6.07, 6.45) is 8.75. The van der Waals surface area contributed by atoms with Gasteiger partial charge in [0.05, 0.1) is 29.8 Å². The lowest BCUT2D eigenvalue weighted by molar-refractivity contribution is 0.395. The lowest BCUT2D eigenvalue weighted by atomic mass is 9.93. The average molecular weight is 475 g/mol. The van der Waals surface area contributed by atoms with E-state index in [1.165, 1.54) is 25.7 Å². The largest absolute Gasteiger partial charge is 0.495 e. The number of methoxy groups -OCH3 is 2. The molecule has 4 rings (SSSR count). The molecule has 0 radical (unpaired) electrons. The fourth-order valence-corrected chi connectivity index (χ4v) is 4.97. The van der Waals surface area contributed by atoms with Crippen LogP contribution in [0.3, 0.4) is 0 Å². The van der Waals surface area contributed by atoms with Gasteiger partial charge in [0.2, 0.25) is 5.95 Å². The Kier molecular flexibility index (Phi) is 7.23.